The second-order valence-corrected chi connectivity index (χ2v) is 6.73. The van der Waals surface area contributed by atoms with Crippen molar-refractivity contribution in [2.24, 2.45) is 5.73 Å². The highest BCUT2D eigenvalue weighted by atomic mass is 19.4. The van der Waals surface area contributed by atoms with Crippen molar-refractivity contribution < 1.29 is 22.8 Å². The van der Waals surface area contributed by atoms with Crippen LogP contribution < -0.4 is 11.1 Å². The van der Waals surface area contributed by atoms with Crippen LogP contribution in [0.25, 0.3) is 11.1 Å². The second-order valence-electron chi connectivity index (χ2n) is 6.73. The van der Waals surface area contributed by atoms with E-state index in [1.165, 1.54) is 6.07 Å². The van der Waals surface area contributed by atoms with Crippen molar-refractivity contribution in [1.29, 1.82) is 0 Å². The summed E-state index contributed by atoms with van der Waals surface area (Å²) in [7, 11) is 0. The number of amides is 2. The highest BCUT2D eigenvalue weighted by molar-refractivity contribution is 5.96. The topological polar surface area (TPSA) is 72.2 Å². The Balaban J connectivity index is 1.64. The van der Waals surface area contributed by atoms with Crippen LogP contribution in [0, 0.1) is 0 Å². The molecule has 30 heavy (non-hydrogen) atoms. The van der Waals surface area contributed by atoms with Gasteiger partial charge < -0.3 is 11.1 Å². The number of carbonyl (C=O) groups is 2. The maximum Gasteiger partial charge on any atom is 0.416 e. The lowest BCUT2D eigenvalue weighted by Crippen LogP contribution is -2.25. The van der Waals surface area contributed by atoms with Gasteiger partial charge in [0, 0.05) is 17.7 Å². The van der Waals surface area contributed by atoms with E-state index in [1.54, 1.807) is 48.5 Å². The summed E-state index contributed by atoms with van der Waals surface area (Å²) in [6, 6.07) is 18.7. The first kappa shape index (κ1) is 21.1. The van der Waals surface area contributed by atoms with Crippen molar-refractivity contribution in [1.82, 2.24) is 5.32 Å². The average molecular weight is 412 g/mol. The molecule has 0 aliphatic rings. The molecule has 0 aliphatic heterocycles. The van der Waals surface area contributed by atoms with Crippen LogP contribution in [0.4, 0.5) is 13.2 Å². The molecule has 0 saturated heterocycles. The van der Waals surface area contributed by atoms with Gasteiger partial charge in [0.25, 0.3) is 5.91 Å². The highest BCUT2D eigenvalue weighted by Gasteiger charge is 2.30. The van der Waals surface area contributed by atoms with Gasteiger partial charge in [-0.25, -0.2) is 0 Å². The number of nitrogens with one attached hydrogen (secondary N) is 1. The minimum atomic E-state index is -4.39. The first-order chi connectivity index (χ1) is 14.2. The van der Waals surface area contributed by atoms with Gasteiger partial charge in [-0.05, 0) is 53.4 Å². The summed E-state index contributed by atoms with van der Waals surface area (Å²) in [6.07, 6.45) is -4.11. The van der Waals surface area contributed by atoms with Crippen molar-refractivity contribution in [2.45, 2.75) is 12.6 Å². The Kier molecular flexibility index (Phi) is 6.20. The largest absolute Gasteiger partial charge is 0.416 e. The number of rotatable bonds is 6. The van der Waals surface area contributed by atoms with Gasteiger partial charge in [-0.15, -0.1) is 0 Å². The third-order valence-corrected chi connectivity index (χ3v) is 4.58. The number of benzene rings is 3. The lowest BCUT2D eigenvalue weighted by molar-refractivity contribution is -0.137. The Morgan fingerprint density at radius 1 is 0.833 bits per heavy atom. The molecule has 3 rings (SSSR count). The molecule has 0 aliphatic carbocycles. The Hall–Kier alpha value is -3.61. The Morgan fingerprint density at radius 3 is 2.20 bits per heavy atom. The van der Waals surface area contributed by atoms with E-state index in [4.69, 9.17) is 5.73 Å². The standard InChI is InChI=1S/C23H19F3N2O2/c24-23(25,26)20-6-1-3-15(13-20)11-12-28-22(30)19-5-2-4-18(14-19)16-7-9-17(10-8-16)21(27)29/h1-10,13-14H,11-12H2,(H2,27,29)(H,28,30). The number of carbonyl (C=O) groups excluding carboxylic acids is 2. The summed E-state index contributed by atoms with van der Waals surface area (Å²) < 4.78 is 38.4. The van der Waals surface area contributed by atoms with Crippen LogP contribution in [-0.4, -0.2) is 18.4 Å². The molecular formula is C23H19F3N2O2. The first-order valence-corrected chi connectivity index (χ1v) is 9.19. The monoisotopic (exact) mass is 412 g/mol. The second kappa shape index (κ2) is 8.82. The fourth-order valence-electron chi connectivity index (χ4n) is 2.99. The summed E-state index contributed by atoms with van der Waals surface area (Å²) in [5.74, 6) is -0.840. The summed E-state index contributed by atoms with van der Waals surface area (Å²) in [5.41, 5.74) is 7.45. The molecule has 0 atom stereocenters. The number of halogens is 3. The van der Waals surface area contributed by atoms with Gasteiger partial charge in [-0.2, -0.15) is 13.2 Å². The van der Waals surface area contributed by atoms with E-state index in [9.17, 15) is 22.8 Å². The third-order valence-electron chi connectivity index (χ3n) is 4.58. The van der Waals surface area contributed by atoms with Crippen LogP contribution >= 0.6 is 0 Å². The van der Waals surface area contributed by atoms with Gasteiger partial charge in [0.2, 0.25) is 5.91 Å². The van der Waals surface area contributed by atoms with Gasteiger partial charge in [-0.3, -0.25) is 9.59 Å². The summed E-state index contributed by atoms with van der Waals surface area (Å²) in [4.78, 5) is 23.6. The zero-order valence-electron chi connectivity index (χ0n) is 15.9. The predicted molar refractivity (Wildman–Crippen MR) is 108 cm³/mol. The molecule has 0 unspecified atom stereocenters. The third kappa shape index (κ3) is 5.26. The van der Waals surface area contributed by atoms with E-state index >= 15 is 0 Å². The van der Waals surface area contributed by atoms with E-state index in [0.717, 1.165) is 23.3 Å². The highest BCUT2D eigenvalue weighted by Crippen LogP contribution is 2.29. The van der Waals surface area contributed by atoms with Crippen LogP contribution in [0.5, 0.6) is 0 Å². The zero-order chi connectivity index (χ0) is 21.7. The smallest absolute Gasteiger partial charge is 0.366 e. The molecule has 0 spiro atoms. The summed E-state index contributed by atoms with van der Waals surface area (Å²) in [5, 5.41) is 2.73. The van der Waals surface area contributed by atoms with Gasteiger partial charge >= 0.3 is 6.18 Å². The molecule has 7 heteroatoms. The number of hydrogen-bond donors (Lipinski definition) is 2. The van der Waals surface area contributed by atoms with Crippen molar-refractivity contribution in [3.8, 4) is 11.1 Å². The van der Waals surface area contributed by atoms with Crippen LogP contribution in [0.15, 0.2) is 72.8 Å². The first-order valence-electron chi connectivity index (χ1n) is 9.19. The molecule has 3 aromatic carbocycles. The lowest BCUT2D eigenvalue weighted by Gasteiger charge is -2.10. The fourth-order valence-corrected chi connectivity index (χ4v) is 2.99. The maximum absolute atomic E-state index is 12.8. The van der Waals surface area contributed by atoms with Gasteiger partial charge in [0.05, 0.1) is 5.56 Å². The average Bonchev–Trinajstić information content (AvgIpc) is 2.73. The maximum atomic E-state index is 12.8. The molecule has 0 bridgehead atoms. The number of nitrogens with two attached hydrogens (primary N) is 1. The Labute approximate surface area is 171 Å². The molecule has 3 N–H and O–H groups in total. The predicted octanol–water partition coefficient (Wildman–Crippen LogP) is 4.44. The molecule has 154 valence electrons. The van der Waals surface area contributed by atoms with Crippen LogP contribution in [0.1, 0.15) is 31.8 Å². The fraction of sp³-hybridized carbons (Fsp3) is 0.130. The Morgan fingerprint density at radius 2 is 1.53 bits per heavy atom. The molecule has 4 nitrogen and oxygen atoms in total. The molecule has 0 heterocycles. The zero-order valence-corrected chi connectivity index (χ0v) is 15.9. The van der Waals surface area contributed by atoms with E-state index in [0.29, 0.717) is 16.7 Å². The molecule has 0 fully saturated rings. The molecule has 3 aromatic rings. The molecule has 2 amide bonds. The lowest BCUT2D eigenvalue weighted by atomic mass is 10.0. The van der Waals surface area contributed by atoms with Crippen LogP contribution in [0.3, 0.4) is 0 Å². The number of primary amides is 1. The Bertz CT molecular complexity index is 1060. The minimum absolute atomic E-state index is 0.206. The van der Waals surface area contributed by atoms with Crippen molar-refractivity contribution in [2.75, 3.05) is 6.54 Å². The van der Waals surface area contributed by atoms with E-state index in [2.05, 4.69) is 5.32 Å². The number of hydrogen-bond acceptors (Lipinski definition) is 2. The van der Waals surface area contributed by atoms with E-state index < -0.39 is 17.6 Å². The summed E-state index contributed by atoms with van der Waals surface area (Å²) >= 11 is 0. The molecule has 0 saturated carbocycles. The van der Waals surface area contributed by atoms with Crippen LogP contribution in [-0.2, 0) is 12.6 Å². The van der Waals surface area contributed by atoms with E-state index in [1.807, 2.05) is 6.07 Å². The minimum Gasteiger partial charge on any atom is -0.366 e. The van der Waals surface area contributed by atoms with Gasteiger partial charge in [0.15, 0.2) is 0 Å². The van der Waals surface area contributed by atoms with Crippen molar-refractivity contribution in [3.63, 3.8) is 0 Å². The van der Waals surface area contributed by atoms with Gasteiger partial charge in [0.1, 0.15) is 0 Å². The number of alkyl halides is 3. The van der Waals surface area contributed by atoms with Crippen molar-refractivity contribution >= 4 is 11.8 Å². The SMILES string of the molecule is NC(=O)c1ccc(-c2cccc(C(=O)NCCc3cccc(C(F)(F)F)c3)c2)cc1. The van der Waals surface area contributed by atoms with Gasteiger partial charge in [-0.1, -0.05) is 42.5 Å². The molecule has 0 radical (unpaired) electrons. The molecular weight excluding hydrogens is 393 g/mol. The van der Waals surface area contributed by atoms with Crippen molar-refractivity contribution in [3.05, 3.63) is 95.1 Å². The normalized spacial score (nSPS) is 11.2. The molecule has 0 aromatic heterocycles. The quantitative estimate of drug-likeness (QED) is 0.628. The summed E-state index contributed by atoms with van der Waals surface area (Å²) in [6.45, 7) is 0.206. The van der Waals surface area contributed by atoms with E-state index in [-0.39, 0.29) is 18.9 Å². The van der Waals surface area contributed by atoms with Crippen LogP contribution in [0.2, 0.25) is 0 Å².